The van der Waals surface area contributed by atoms with E-state index in [1.165, 1.54) is 23.5 Å². The smallest absolute Gasteiger partial charge is 0.211 e. The molecule has 0 amide bonds. The van der Waals surface area contributed by atoms with Gasteiger partial charge in [-0.1, -0.05) is 40.2 Å². The minimum absolute atomic E-state index is 0.292. The van der Waals surface area contributed by atoms with E-state index in [1.54, 1.807) is 29.2 Å². The Hall–Kier alpha value is -2.90. The fraction of sp³-hybridized carbons (Fsp3) is 0. The number of thiazole rings is 1. The molecule has 0 spiro atoms. The molecular weight excluding hydrogens is 439 g/mol. The first-order valence-corrected chi connectivity index (χ1v) is 10.1. The Bertz CT molecular complexity index is 1180. The van der Waals surface area contributed by atoms with Gasteiger partial charge in [-0.3, -0.25) is 4.98 Å². The lowest BCUT2D eigenvalue weighted by Crippen LogP contribution is -2.11. The summed E-state index contributed by atoms with van der Waals surface area (Å²) < 4.78 is 15.9. The monoisotopic (exact) mass is 452 g/mol. The minimum atomic E-state index is -0.292. The molecule has 4 nitrogen and oxygen atoms in total. The van der Waals surface area contributed by atoms with E-state index in [9.17, 15) is 4.39 Å². The topological polar surface area (TPSA) is 42.5 Å². The fourth-order valence-corrected chi connectivity index (χ4v) is 3.87. The first-order valence-electron chi connectivity index (χ1n) is 8.42. The third-order valence-corrected chi connectivity index (χ3v) is 5.39. The molecule has 28 heavy (non-hydrogen) atoms. The summed E-state index contributed by atoms with van der Waals surface area (Å²) >= 11 is 5.06. The molecule has 4 aromatic rings. The van der Waals surface area contributed by atoms with E-state index >= 15 is 0 Å². The third-order valence-electron chi connectivity index (χ3n) is 3.88. The minimum Gasteiger partial charge on any atom is -0.255 e. The van der Waals surface area contributed by atoms with Gasteiger partial charge < -0.3 is 0 Å². The molecule has 0 N–H and O–H groups in total. The molecule has 138 valence electrons. The Kier molecular flexibility index (Phi) is 5.55. The van der Waals surface area contributed by atoms with E-state index in [0.717, 1.165) is 21.4 Å². The van der Waals surface area contributed by atoms with Crippen LogP contribution >= 0.6 is 27.3 Å². The molecule has 2 heterocycles. The molecule has 0 bridgehead atoms. The Morgan fingerprint density at radius 3 is 2.54 bits per heavy atom. The van der Waals surface area contributed by atoms with Crippen molar-refractivity contribution >= 4 is 39.2 Å². The number of hydrogen-bond acceptors (Lipinski definition) is 4. The highest BCUT2D eigenvalue weighted by Gasteiger charge is 2.10. The van der Waals surface area contributed by atoms with Gasteiger partial charge in [0.05, 0.1) is 23.3 Å². The number of rotatable bonds is 4. The van der Waals surface area contributed by atoms with Crippen LogP contribution in [0.5, 0.6) is 0 Å². The molecule has 0 atom stereocenters. The van der Waals surface area contributed by atoms with Crippen molar-refractivity contribution in [1.29, 1.82) is 0 Å². The predicted molar refractivity (Wildman–Crippen MR) is 114 cm³/mol. The zero-order chi connectivity index (χ0) is 19.3. The summed E-state index contributed by atoms with van der Waals surface area (Å²) in [6.07, 6.45) is 3.41. The summed E-state index contributed by atoms with van der Waals surface area (Å²) in [4.78, 5) is 9.59. The Balaban J connectivity index is 1.86. The maximum atomic E-state index is 13.2. The normalized spacial score (nSPS) is 12.0. The summed E-state index contributed by atoms with van der Waals surface area (Å²) in [5.74, 6) is -0.292. The second-order valence-corrected chi connectivity index (χ2v) is 7.47. The number of aromatic nitrogens is 2. The SMILES string of the molecule is Fc1ccc(N=c2scc(-c3ccccc3Br)n2/N=C/c2ccccn2)cc1. The van der Waals surface area contributed by atoms with Crippen molar-refractivity contribution in [3.05, 3.63) is 99.1 Å². The van der Waals surface area contributed by atoms with Crippen LogP contribution in [0.2, 0.25) is 0 Å². The van der Waals surface area contributed by atoms with Crippen molar-refractivity contribution in [2.24, 2.45) is 10.1 Å². The highest BCUT2D eigenvalue weighted by atomic mass is 79.9. The summed E-state index contributed by atoms with van der Waals surface area (Å²) in [7, 11) is 0. The van der Waals surface area contributed by atoms with Crippen molar-refractivity contribution < 1.29 is 4.39 Å². The van der Waals surface area contributed by atoms with E-state index in [4.69, 9.17) is 0 Å². The molecule has 0 fully saturated rings. The quantitative estimate of drug-likeness (QED) is 0.370. The summed E-state index contributed by atoms with van der Waals surface area (Å²) in [6, 6.07) is 19.6. The van der Waals surface area contributed by atoms with Gasteiger partial charge >= 0.3 is 0 Å². The van der Waals surface area contributed by atoms with Gasteiger partial charge in [-0.25, -0.2) is 14.1 Å². The molecule has 0 saturated heterocycles. The van der Waals surface area contributed by atoms with Gasteiger partial charge in [-0.2, -0.15) is 5.10 Å². The standard InChI is InChI=1S/C21H14BrFN4S/c22-19-7-2-1-6-18(19)20-14-28-21(26-16-10-8-15(23)9-11-16)27(20)25-13-17-5-3-4-12-24-17/h1-14H/b25-13+,26-21?. The number of benzene rings is 2. The van der Waals surface area contributed by atoms with Crippen molar-refractivity contribution in [2.45, 2.75) is 0 Å². The molecule has 0 aliphatic rings. The molecule has 7 heteroatoms. The number of hydrogen-bond donors (Lipinski definition) is 0. The summed E-state index contributed by atoms with van der Waals surface area (Å²) in [5, 5.41) is 6.62. The lowest BCUT2D eigenvalue weighted by Gasteiger charge is -2.05. The zero-order valence-corrected chi connectivity index (χ0v) is 16.9. The first kappa shape index (κ1) is 18.5. The van der Waals surface area contributed by atoms with E-state index < -0.39 is 0 Å². The largest absolute Gasteiger partial charge is 0.255 e. The predicted octanol–water partition coefficient (Wildman–Crippen LogP) is 5.63. The molecule has 2 aromatic carbocycles. The second-order valence-electron chi connectivity index (χ2n) is 5.78. The average Bonchev–Trinajstić information content (AvgIpc) is 3.11. The lowest BCUT2D eigenvalue weighted by atomic mass is 10.2. The molecule has 0 unspecified atom stereocenters. The highest BCUT2D eigenvalue weighted by molar-refractivity contribution is 9.10. The van der Waals surface area contributed by atoms with Gasteiger partial charge in [-0.15, -0.1) is 11.3 Å². The molecule has 2 aromatic heterocycles. The molecule has 0 saturated carbocycles. The van der Waals surface area contributed by atoms with Crippen LogP contribution in [0.1, 0.15) is 5.69 Å². The van der Waals surface area contributed by atoms with E-state index in [-0.39, 0.29) is 5.82 Å². The van der Waals surface area contributed by atoms with Gasteiger partial charge in [0.2, 0.25) is 4.80 Å². The molecule has 0 aliphatic heterocycles. The average molecular weight is 453 g/mol. The number of nitrogens with zero attached hydrogens (tertiary/aromatic N) is 4. The third kappa shape index (κ3) is 4.16. The van der Waals surface area contributed by atoms with Gasteiger partial charge in [0, 0.05) is 21.6 Å². The zero-order valence-electron chi connectivity index (χ0n) is 14.5. The number of halogens is 2. The van der Waals surface area contributed by atoms with Crippen LogP contribution in [0.15, 0.2) is 92.9 Å². The van der Waals surface area contributed by atoms with Crippen molar-refractivity contribution in [2.75, 3.05) is 0 Å². The van der Waals surface area contributed by atoms with Gasteiger partial charge in [0.25, 0.3) is 0 Å². The summed E-state index contributed by atoms with van der Waals surface area (Å²) in [5.41, 5.74) is 3.29. The molecule has 0 aliphatic carbocycles. The fourth-order valence-electron chi connectivity index (χ4n) is 2.54. The van der Waals surface area contributed by atoms with E-state index in [0.29, 0.717) is 10.5 Å². The van der Waals surface area contributed by atoms with Crippen molar-refractivity contribution in [1.82, 2.24) is 9.66 Å². The van der Waals surface area contributed by atoms with Crippen LogP contribution in [0.4, 0.5) is 10.1 Å². The maximum Gasteiger partial charge on any atom is 0.211 e. The molecule has 0 radical (unpaired) electrons. The van der Waals surface area contributed by atoms with Gasteiger partial charge in [0.1, 0.15) is 5.82 Å². The van der Waals surface area contributed by atoms with Gasteiger partial charge in [0.15, 0.2) is 0 Å². The van der Waals surface area contributed by atoms with Crippen LogP contribution in [-0.4, -0.2) is 15.9 Å². The molecule has 4 rings (SSSR count). The highest BCUT2D eigenvalue weighted by Crippen LogP contribution is 2.28. The summed E-state index contributed by atoms with van der Waals surface area (Å²) in [6.45, 7) is 0. The van der Waals surface area contributed by atoms with Crippen molar-refractivity contribution in [3.8, 4) is 11.3 Å². The van der Waals surface area contributed by atoms with Gasteiger partial charge in [-0.05, 0) is 42.5 Å². The second kappa shape index (κ2) is 8.41. The van der Waals surface area contributed by atoms with E-state index in [2.05, 4.69) is 31.0 Å². The number of pyridine rings is 1. The van der Waals surface area contributed by atoms with Crippen molar-refractivity contribution in [3.63, 3.8) is 0 Å². The first-order chi connectivity index (χ1) is 13.7. The maximum absolute atomic E-state index is 13.2. The van der Waals surface area contributed by atoms with Crippen LogP contribution in [-0.2, 0) is 0 Å². The lowest BCUT2D eigenvalue weighted by molar-refractivity contribution is 0.628. The van der Waals surface area contributed by atoms with Crippen LogP contribution in [0.25, 0.3) is 11.3 Å². The van der Waals surface area contributed by atoms with Crippen LogP contribution in [0, 0.1) is 5.82 Å². The van der Waals surface area contributed by atoms with E-state index in [1.807, 2.05) is 47.8 Å². The molecular formula is C21H14BrFN4S. The Morgan fingerprint density at radius 2 is 1.79 bits per heavy atom. The Labute approximate surface area is 173 Å². The van der Waals surface area contributed by atoms with Crippen LogP contribution < -0.4 is 4.80 Å². The Morgan fingerprint density at radius 1 is 1.00 bits per heavy atom. The van der Waals surface area contributed by atoms with Crippen LogP contribution in [0.3, 0.4) is 0 Å².